The quantitative estimate of drug-likeness (QED) is 0.513. The van der Waals surface area contributed by atoms with Crippen molar-refractivity contribution in [1.29, 1.82) is 0 Å². The van der Waals surface area contributed by atoms with Gasteiger partial charge < -0.3 is 14.8 Å². The van der Waals surface area contributed by atoms with Crippen molar-refractivity contribution in [2.45, 2.75) is 32.4 Å². The molecule has 158 valence electrons. The molecule has 0 aliphatic carbocycles. The zero-order valence-electron chi connectivity index (χ0n) is 16.8. The fourth-order valence-corrected chi connectivity index (χ4v) is 4.07. The summed E-state index contributed by atoms with van der Waals surface area (Å²) < 4.78 is 6.78. The summed E-state index contributed by atoms with van der Waals surface area (Å²) in [7, 11) is 0. The lowest BCUT2D eigenvalue weighted by atomic mass is 10.2. The van der Waals surface area contributed by atoms with Gasteiger partial charge >= 0.3 is 6.03 Å². The Morgan fingerprint density at radius 1 is 1.16 bits per heavy atom. The zero-order chi connectivity index (χ0) is 21.4. The minimum Gasteiger partial charge on any atom is -0.314 e. The number of rotatable bonds is 4. The SMILES string of the molecule is Cc1nnc([C@H]2CCCN2C(=O)Nc2ccc3nonc3c2)n1Cc1ccc(Cl)cc1. The molecule has 9 nitrogen and oxygen atoms in total. The van der Waals surface area contributed by atoms with Gasteiger partial charge in [0.25, 0.3) is 0 Å². The van der Waals surface area contributed by atoms with Gasteiger partial charge in [0, 0.05) is 17.3 Å². The van der Waals surface area contributed by atoms with Crippen LogP contribution >= 0.6 is 11.6 Å². The number of aromatic nitrogens is 5. The molecule has 3 heterocycles. The van der Waals surface area contributed by atoms with Gasteiger partial charge in [-0.25, -0.2) is 9.42 Å². The summed E-state index contributed by atoms with van der Waals surface area (Å²) in [6.45, 7) is 3.19. The molecule has 0 bridgehead atoms. The van der Waals surface area contributed by atoms with Crippen LogP contribution in [0.1, 0.15) is 36.1 Å². The summed E-state index contributed by atoms with van der Waals surface area (Å²) in [6.07, 6.45) is 1.73. The minimum atomic E-state index is -0.183. The molecule has 31 heavy (non-hydrogen) atoms. The van der Waals surface area contributed by atoms with Gasteiger partial charge in [-0.2, -0.15) is 0 Å². The Hall–Kier alpha value is -3.46. The highest BCUT2D eigenvalue weighted by Gasteiger charge is 2.34. The predicted octanol–water partition coefficient (Wildman–Crippen LogP) is 4.19. The number of hydrogen-bond donors (Lipinski definition) is 1. The number of amides is 2. The number of halogens is 1. The molecule has 1 aliphatic rings. The van der Waals surface area contributed by atoms with E-state index in [0.29, 0.717) is 34.8 Å². The highest BCUT2D eigenvalue weighted by molar-refractivity contribution is 6.30. The molecule has 5 rings (SSSR count). The first-order valence-corrected chi connectivity index (χ1v) is 10.4. The molecule has 0 radical (unpaired) electrons. The summed E-state index contributed by atoms with van der Waals surface area (Å²) in [5.74, 6) is 1.59. The Morgan fingerprint density at radius 3 is 2.81 bits per heavy atom. The number of aryl methyl sites for hydroxylation is 1. The molecule has 1 N–H and O–H groups in total. The van der Waals surface area contributed by atoms with Crippen molar-refractivity contribution in [3.8, 4) is 0 Å². The van der Waals surface area contributed by atoms with Crippen molar-refractivity contribution in [2.24, 2.45) is 0 Å². The van der Waals surface area contributed by atoms with Crippen molar-refractivity contribution < 1.29 is 9.42 Å². The van der Waals surface area contributed by atoms with E-state index in [2.05, 4.69) is 30.4 Å². The van der Waals surface area contributed by atoms with Crippen LogP contribution in [-0.4, -0.2) is 42.6 Å². The zero-order valence-corrected chi connectivity index (χ0v) is 17.6. The molecule has 1 aliphatic heterocycles. The Balaban J connectivity index is 1.37. The maximum Gasteiger partial charge on any atom is 0.322 e. The normalized spacial score (nSPS) is 16.2. The Morgan fingerprint density at radius 2 is 1.97 bits per heavy atom. The van der Waals surface area contributed by atoms with E-state index in [1.165, 1.54) is 0 Å². The molecule has 10 heteroatoms. The van der Waals surface area contributed by atoms with E-state index < -0.39 is 0 Å². The molecule has 1 atom stereocenters. The van der Waals surface area contributed by atoms with Gasteiger partial charge in [-0.15, -0.1) is 10.2 Å². The number of carbonyl (C=O) groups excluding carboxylic acids is 1. The maximum atomic E-state index is 13.1. The average molecular weight is 438 g/mol. The molecule has 2 aromatic carbocycles. The first-order valence-electron chi connectivity index (χ1n) is 10.0. The van der Waals surface area contributed by atoms with Crippen LogP contribution in [0.4, 0.5) is 10.5 Å². The highest BCUT2D eigenvalue weighted by atomic mass is 35.5. The van der Waals surface area contributed by atoms with Gasteiger partial charge in [-0.3, -0.25) is 0 Å². The third-order valence-corrected chi connectivity index (χ3v) is 5.79. The summed E-state index contributed by atoms with van der Waals surface area (Å²) in [4.78, 5) is 14.9. The first kappa shape index (κ1) is 19.5. The molecule has 2 aromatic heterocycles. The van der Waals surface area contributed by atoms with E-state index in [4.69, 9.17) is 16.2 Å². The van der Waals surface area contributed by atoms with Crippen molar-refractivity contribution in [3.63, 3.8) is 0 Å². The molecule has 1 saturated heterocycles. The number of benzene rings is 2. The fraction of sp³-hybridized carbons (Fsp3) is 0.286. The van der Waals surface area contributed by atoms with Crippen LogP contribution in [0.25, 0.3) is 11.0 Å². The number of likely N-dealkylation sites (tertiary alicyclic amines) is 1. The Labute approximate surface area is 183 Å². The van der Waals surface area contributed by atoms with Gasteiger partial charge in [-0.1, -0.05) is 23.7 Å². The molecular weight excluding hydrogens is 418 g/mol. The molecule has 1 fully saturated rings. The van der Waals surface area contributed by atoms with Crippen LogP contribution in [0.5, 0.6) is 0 Å². The standard InChI is InChI=1S/C21H20ClN7O2/c1-13-24-25-20(29(13)12-14-4-6-15(22)7-5-14)19-3-2-10-28(19)21(30)23-16-8-9-17-18(11-16)27-31-26-17/h4-9,11,19H,2-3,10,12H2,1H3,(H,23,30)/t19-/m1/s1. The van der Waals surface area contributed by atoms with E-state index in [-0.39, 0.29) is 12.1 Å². The number of anilines is 1. The summed E-state index contributed by atoms with van der Waals surface area (Å²) in [6, 6.07) is 12.7. The predicted molar refractivity (Wildman–Crippen MR) is 115 cm³/mol. The Bertz CT molecular complexity index is 1230. The van der Waals surface area contributed by atoms with Crippen molar-refractivity contribution in [1.82, 2.24) is 30.0 Å². The topological polar surface area (TPSA) is 102 Å². The number of urea groups is 1. The second-order valence-corrected chi connectivity index (χ2v) is 8.00. The van der Waals surface area contributed by atoms with Gasteiger partial charge in [0.05, 0.1) is 12.6 Å². The number of carbonyl (C=O) groups is 1. The summed E-state index contributed by atoms with van der Waals surface area (Å²) >= 11 is 6.01. The molecule has 0 unspecified atom stereocenters. The molecule has 0 saturated carbocycles. The van der Waals surface area contributed by atoms with Crippen molar-refractivity contribution >= 4 is 34.4 Å². The van der Waals surface area contributed by atoms with Gasteiger partial charge in [0.2, 0.25) is 0 Å². The lowest BCUT2D eigenvalue weighted by molar-refractivity contribution is 0.204. The van der Waals surface area contributed by atoms with Crippen LogP contribution in [-0.2, 0) is 6.54 Å². The third kappa shape index (κ3) is 3.84. The number of nitrogens with one attached hydrogen (secondary N) is 1. The maximum absolute atomic E-state index is 13.1. The summed E-state index contributed by atoms with van der Waals surface area (Å²) in [5.41, 5.74) is 2.96. The van der Waals surface area contributed by atoms with Crippen LogP contribution in [0.3, 0.4) is 0 Å². The lowest BCUT2D eigenvalue weighted by Crippen LogP contribution is -2.35. The van der Waals surface area contributed by atoms with E-state index >= 15 is 0 Å². The van der Waals surface area contributed by atoms with Crippen LogP contribution < -0.4 is 5.32 Å². The largest absolute Gasteiger partial charge is 0.322 e. The monoisotopic (exact) mass is 437 g/mol. The fourth-order valence-electron chi connectivity index (χ4n) is 3.95. The molecule has 2 amide bonds. The van der Waals surface area contributed by atoms with Gasteiger partial charge in [-0.05, 0) is 66.0 Å². The highest BCUT2D eigenvalue weighted by Crippen LogP contribution is 2.32. The van der Waals surface area contributed by atoms with E-state index in [9.17, 15) is 4.79 Å². The van der Waals surface area contributed by atoms with Crippen LogP contribution in [0.15, 0.2) is 47.1 Å². The Kier molecular flexibility index (Phi) is 5.03. The second kappa shape index (κ2) is 7.99. The van der Waals surface area contributed by atoms with Gasteiger partial charge in [0.1, 0.15) is 16.9 Å². The van der Waals surface area contributed by atoms with Crippen LogP contribution in [0.2, 0.25) is 5.02 Å². The lowest BCUT2D eigenvalue weighted by Gasteiger charge is -2.25. The molecule has 0 spiro atoms. The van der Waals surface area contributed by atoms with Crippen molar-refractivity contribution in [3.05, 3.63) is 64.7 Å². The van der Waals surface area contributed by atoms with E-state index in [0.717, 1.165) is 30.1 Å². The van der Waals surface area contributed by atoms with Gasteiger partial charge in [0.15, 0.2) is 5.82 Å². The first-order chi connectivity index (χ1) is 15.1. The minimum absolute atomic E-state index is 0.147. The summed E-state index contributed by atoms with van der Waals surface area (Å²) in [5, 5.41) is 20.0. The van der Waals surface area contributed by atoms with Crippen molar-refractivity contribution in [2.75, 3.05) is 11.9 Å². The number of hydrogen-bond acceptors (Lipinski definition) is 6. The average Bonchev–Trinajstić information content (AvgIpc) is 3.50. The van der Waals surface area contributed by atoms with E-state index in [1.54, 1.807) is 18.2 Å². The number of fused-ring (bicyclic) bond motifs is 1. The molecular formula is C21H20ClN7O2. The van der Waals surface area contributed by atoms with E-state index in [1.807, 2.05) is 36.1 Å². The molecule has 4 aromatic rings. The van der Waals surface area contributed by atoms with Crippen LogP contribution in [0, 0.1) is 6.92 Å². The second-order valence-electron chi connectivity index (χ2n) is 7.57. The smallest absolute Gasteiger partial charge is 0.314 e. The number of nitrogens with zero attached hydrogens (tertiary/aromatic N) is 6. The third-order valence-electron chi connectivity index (χ3n) is 5.54.